The molecule has 0 spiro atoms. The van der Waals surface area contributed by atoms with E-state index in [1.165, 1.54) is 5.56 Å². The van der Waals surface area contributed by atoms with Gasteiger partial charge in [0.15, 0.2) is 0 Å². The molecule has 0 saturated carbocycles. The summed E-state index contributed by atoms with van der Waals surface area (Å²) < 4.78 is 0. The van der Waals surface area contributed by atoms with Crippen LogP contribution in [0.4, 0.5) is 17.2 Å². The summed E-state index contributed by atoms with van der Waals surface area (Å²) in [6.45, 7) is 4.31. The molecular weight excluding hydrogens is 346 g/mol. The number of carbonyl (C=O) groups is 1. The lowest BCUT2D eigenvalue weighted by atomic mass is 9.99. The van der Waals surface area contributed by atoms with Crippen molar-refractivity contribution in [2.24, 2.45) is 0 Å². The number of rotatable bonds is 4. The second kappa shape index (κ2) is 7.02. The van der Waals surface area contributed by atoms with Gasteiger partial charge in [0, 0.05) is 11.1 Å². The molecule has 5 N–H and O–H groups in total. The van der Waals surface area contributed by atoms with Crippen molar-refractivity contribution < 1.29 is 4.79 Å². The van der Waals surface area contributed by atoms with E-state index in [-0.39, 0.29) is 17.3 Å². The average Bonchev–Trinajstić information content (AvgIpc) is 2.96. The standard InChI is InChI=1S/C19H19N5OS/c1-3-10(2)11-4-6-13(7-5-11)23-18(25)16-15(21)14-8-12(9-20)17(22)24-19(14)26-16/h4-8,10H,3,21H2,1-2H3,(H2,22,24)(H,23,25)/t10-/m1/s1. The number of fused-ring (bicyclic) bond motifs is 1. The highest BCUT2D eigenvalue weighted by atomic mass is 32.1. The second-order valence-electron chi connectivity index (χ2n) is 6.12. The molecule has 3 aromatic rings. The summed E-state index contributed by atoms with van der Waals surface area (Å²) >= 11 is 1.16. The number of nitrogen functional groups attached to an aromatic ring is 2. The van der Waals surface area contributed by atoms with Crippen LogP contribution in [0, 0.1) is 11.3 Å². The van der Waals surface area contributed by atoms with Crippen molar-refractivity contribution in [3.05, 3.63) is 46.3 Å². The molecule has 2 aromatic heterocycles. The molecule has 26 heavy (non-hydrogen) atoms. The number of benzene rings is 1. The van der Waals surface area contributed by atoms with Crippen LogP contribution >= 0.6 is 11.3 Å². The molecule has 0 bridgehead atoms. The van der Waals surface area contributed by atoms with E-state index in [0.29, 0.717) is 32.4 Å². The highest BCUT2D eigenvalue weighted by Crippen LogP contribution is 2.34. The van der Waals surface area contributed by atoms with Crippen LogP contribution in [0.5, 0.6) is 0 Å². The Morgan fingerprint density at radius 1 is 1.35 bits per heavy atom. The fraction of sp³-hybridized carbons (Fsp3) is 0.211. The Morgan fingerprint density at radius 3 is 2.65 bits per heavy atom. The van der Waals surface area contributed by atoms with Crippen LogP contribution < -0.4 is 16.8 Å². The van der Waals surface area contributed by atoms with Crippen molar-refractivity contribution in [2.75, 3.05) is 16.8 Å². The largest absolute Gasteiger partial charge is 0.397 e. The Morgan fingerprint density at radius 2 is 2.04 bits per heavy atom. The zero-order valence-corrected chi connectivity index (χ0v) is 15.4. The minimum Gasteiger partial charge on any atom is -0.397 e. The SMILES string of the molecule is CC[C@@H](C)c1ccc(NC(=O)c2sc3nc(N)c(C#N)cc3c2N)cc1. The summed E-state index contributed by atoms with van der Waals surface area (Å²) in [5.74, 6) is 0.302. The first-order valence-corrected chi connectivity index (χ1v) is 9.06. The number of thiophene rings is 1. The van der Waals surface area contributed by atoms with Crippen molar-refractivity contribution >= 4 is 44.7 Å². The van der Waals surface area contributed by atoms with Crippen LogP contribution in [0.1, 0.15) is 47.0 Å². The normalized spacial score (nSPS) is 11.9. The first kappa shape index (κ1) is 17.7. The lowest BCUT2D eigenvalue weighted by Gasteiger charge is -2.10. The Labute approximate surface area is 155 Å². The van der Waals surface area contributed by atoms with E-state index in [0.717, 1.165) is 17.8 Å². The first-order chi connectivity index (χ1) is 12.4. The third-order valence-electron chi connectivity index (χ3n) is 4.43. The fourth-order valence-electron chi connectivity index (χ4n) is 2.63. The Balaban J connectivity index is 1.88. The van der Waals surface area contributed by atoms with E-state index in [1.807, 2.05) is 30.3 Å². The predicted octanol–water partition coefficient (Wildman–Crippen LogP) is 4.10. The molecule has 3 rings (SSSR count). The molecule has 1 aromatic carbocycles. The Kier molecular flexibility index (Phi) is 4.78. The molecule has 1 atom stereocenters. The summed E-state index contributed by atoms with van der Waals surface area (Å²) in [4.78, 5) is 17.7. The van der Waals surface area contributed by atoms with Crippen LogP contribution in [0.3, 0.4) is 0 Å². The number of pyridine rings is 1. The molecule has 1 amide bonds. The molecule has 0 saturated heterocycles. The van der Waals surface area contributed by atoms with E-state index in [4.69, 9.17) is 16.7 Å². The van der Waals surface area contributed by atoms with E-state index in [1.54, 1.807) is 6.07 Å². The van der Waals surface area contributed by atoms with Gasteiger partial charge in [-0.25, -0.2) is 4.98 Å². The van der Waals surface area contributed by atoms with E-state index >= 15 is 0 Å². The summed E-state index contributed by atoms with van der Waals surface area (Å²) in [6.07, 6.45) is 1.06. The zero-order valence-electron chi connectivity index (χ0n) is 14.5. The number of carbonyl (C=O) groups excluding carboxylic acids is 1. The minimum atomic E-state index is -0.307. The van der Waals surface area contributed by atoms with Gasteiger partial charge in [0.1, 0.15) is 21.6 Å². The maximum atomic E-state index is 12.6. The number of nitrogens with one attached hydrogen (secondary N) is 1. The second-order valence-corrected chi connectivity index (χ2v) is 7.12. The molecule has 6 nitrogen and oxygen atoms in total. The van der Waals surface area contributed by atoms with Crippen LogP contribution in [-0.2, 0) is 0 Å². The van der Waals surface area contributed by atoms with Gasteiger partial charge >= 0.3 is 0 Å². The number of nitrogens with zero attached hydrogens (tertiary/aromatic N) is 2. The van der Waals surface area contributed by atoms with Gasteiger partial charge in [-0.15, -0.1) is 11.3 Å². The third kappa shape index (κ3) is 3.19. The third-order valence-corrected chi connectivity index (χ3v) is 5.54. The molecule has 0 fully saturated rings. The van der Waals surface area contributed by atoms with Crippen LogP contribution in [-0.4, -0.2) is 10.9 Å². The summed E-state index contributed by atoms with van der Waals surface area (Å²) in [7, 11) is 0. The zero-order chi connectivity index (χ0) is 18.8. The molecule has 0 aliphatic carbocycles. The molecule has 0 aliphatic rings. The average molecular weight is 365 g/mol. The molecule has 0 aliphatic heterocycles. The molecule has 7 heteroatoms. The lowest BCUT2D eigenvalue weighted by molar-refractivity contribution is 0.103. The highest BCUT2D eigenvalue weighted by Gasteiger charge is 2.19. The molecular formula is C19H19N5OS. The first-order valence-electron chi connectivity index (χ1n) is 8.24. The smallest absolute Gasteiger partial charge is 0.267 e. The molecule has 2 heterocycles. The number of nitriles is 1. The van der Waals surface area contributed by atoms with Crippen LogP contribution in [0.25, 0.3) is 10.2 Å². The van der Waals surface area contributed by atoms with Crippen molar-refractivity contribution in [2.45, 2.75) is 26.2 Å². The van der Waals surface area contributed by atoms with Gasteiger partial charge < -0.3 is 16.8 Å². The maximum absolute atomic E-state index is 12.6. The topological polar surface area (TPSA) is 118 Å². The van der Waals surface area contributed by atoms with Gasteiger partial charge in [-0.1, -0.05) is 26.0 Å². The van der Waals surface area contributed by atoms with Gasteiger partial charge in [0.25, 0.3) is 5.91 Å². The van der Waals surface area contributed by atoms with Crippen molar-refractivity contribution in [3.63, 3.8) is 0 Å². The number of aromatic nitrogens is 1. The van der Waals surface area contributed by atoms with E-state index < -0.39 is 0 Å². The number of anilines is 3. The summed E-state index contributed by atoms with van der Waals surface area (Å²) in [6, 6.07) is 11.3. The number of hydrogen-bond donors (Lipinski definition) is 3. The molecule has 0 radical (unpaired) electrons. The van der Waals surface area contributed by atoms with Gasteiger partial charge in [-0.2, -0.15) is 5.26 Å². The van der Waals surface area contributed by atoms with Gasteiger partial charge in [-0.05, 0) is 36.1 Å². The fourth-order valence-corrected chi connectivity index (χ4v) is 3.61. The van der Waals surface area contributed by atoms with Crippen LogP contribution in [0.15, 0.2) is 30.3 Å². The number of amides is 1. The minimum absolute atomic E-state index is 0.133. The Hall–Kier alpha value is -3.11. The molecule has 0 unspecified atom stereocenters. The van der Waals surface area contributed by atoms with Gasteiger partial charge in [0.2, 0.25) is 0 Å². The monoisotopic (exact) mass is 365 g/mol. The molecule has 132 valence electrons. The number of hydrogen-bond acceptors (Lipinski definition) is 6. The van der Waals surface area contributed by atoms with Crippen LogP contribution in [0.2, 0.25) is 0 Å². The Bertz CT molecular complexity index is 1020. The highest BCUT2D eigenvalue weighted by molar-refractivity contribution is 7.21. The quantitative estimate of drug-likeness (QED) is 0.643. The van der Waals surface area contributed by atoms with Crippen molar-refractivity contribution in [1.29, 1.82) is 5.26 Å². The van der Waals surface area contributed by atoms with Crippen molar-refractivity contribution in [1.82, 2.24) is 4.98 Å². The lowest BCUT2D eigenvalue weighted by Crippen LogP contribution is -2.12. The van der Waals surface area contributed by atoms with Crippen molar-refractivity contribution in [3.8, 4) is 6.07 Å². The van der Waals surface area contributed by atoms with Gasteiger partial charge in [-0.3, -0.25) is 4.79 Å². The predicted molar refractivity (Wildman–Crippen MR) is 106 cm³/mol. The van der Waals surface area contributed by atoms with Gasteiger partial charge in [0.05, 0.1) is 11.3 Å². The van der Waals surface area contributed by atoms with E-state index in [9.17, 15) is 4.79 Å². The van der Waals surface area contributed by atoms with E-state index in [2.05, 4.69) is 24.1 Å². The summed E-state index contributed by atoms with van der Waals surface area (Å²) in [5.41, 5.74) is 14.3. The maximum Gasteiger partial charge on any atom is 0.267 e. The summed E-state index contributed by atoms with van der Waals surface area (Å²) in [5, 5.41) is 12.5. The number of nitrogens with two attached hydrogens (primary N) is 2.